The first-order valence-electron chi connectivity index (χ1n) is 7.43. The number of likely N-dealkylation sites (tertiary alicyclic amines) is 1. The standard InChI is InChI=1S/C15H24N2S/c1-2-9-17(8-1)10-7-16-12-13-4-3-5-15-14(13)6-11-18-15/h6,11,13,16H,1-5,7-10,12H2. The van der Waals surface area contributed by atoms with Gasteiger partial charge < -0.3 is 10.2 Å². The van der Waals surface area contributed by atoms with Crippen LogP contribution in [0.1, 0.15) is 42.0 Å². The molecule has 1 aromatic heterocycles. The minimum Gasteiger partial charge on any atom is -0.315 e. The van der Waals surface area contributed by atoms with E-state index in [2.05, 4.69) is 21.7 Å². The van der Waals surface area contributed by atoms with Gasteiger partial charge in [-0.05, 0) is 68.1 Å². The highest BCUT2D eigenvalue weighted by molar-refractivity contribution is 7.10. The zero-order valence-corrected chi connectivity index (χ0v) is 12.0. The highest BCUT2D eigenvalue weighted by Crippen LogP contribution is 2.34. The molecule has 1 N–H and O–H groups in total. The molecule has 3 heteroatoms. The van der Waals surface area contributed by atoms with E-state index in [-0.39, 0.29) is 0 Å². The summed E-state index contributed by atoms with van der Waals surface area (Å²) in [5, 5.41) is 5.95. The third kappa shape index (κ3) is 2.95. The van der Waals surface area contributed by atoms with Crippen molar-refractivity contribution in [1.82, 2.24) is 10.2 Å². The van der Waals surface area contributed by atoms with Crippen molar-refractivity contribution in [2.45, 2.75) is 38.0 Å². The molecule has 2 nitrogen and oxygen atoms in total. The Kier molecular flexibility index (Phi) is 4.34. The van der Waals surface area contributed by atoms with Crippen LogP contribution in [0, 0.1) is 0 Å². The molecule has 0 bridgehead atoms. The fourth-order valence-electron chi connectivity index (χ4n) is 3.31. The summed E-state index contributed by atoms with van der Waals surface area (Å²) in [6, 6.07) is 2.35. The third-order valence-corrected chi connectivity index (χ3v) is 5.37. The van der Waals surface area contributed by atoms with Crippen LogP contribution in [0.2, 0.25) is 0 Å². The zero-order chi connectivity index (χ0) is 12.2. The van der Waals surface area contributed by atoms with Crippen LogP contribution >= 0.6 is 11.3 Å². The lowest BCUT2D eigenvalue weighted by Crippen LogP contribution is -2.32. The quantitative estimate of drug-likeness (QED) is 0.823. The first-order chi connectivity index (χ1) is 8.93. The number of nitrogens with one attached hydrogen (secondary N) is 1. The minimum atomic E-state index is 0.776. The lowest BCUT2D eigenvalue weighted by molar-refractivity contribution is 0.333. The van der Waals surface area contributed by atoms with Gasteiger partial charge in [-0.1, -0.05) is 0 Å². The lowest BCUT2D eigenvalue weighted by Gasteiger charge is -2.23. The number of thiophene rings is 1. The van der Waals surface area contributed by atoms with E-state index in [0.29, 0.717) is 0 Å². The molecule has 2 heterocycles. The molecule has 0 saturated carbocycles. The highest BCUT2D eigenvalue weighted by Gasteiger charge is 2.20. The molecule has 0 radical (unpaired) electrons. The summed E-state index contributed by atoms with van der Waals surface area (Å²) in [6.45, 7) is 6.22. The molecule has 1 aliphatic carbocycles. The predicted molar refractivity (Wildman–Crippen MR) is 78.5 cm³/mol. The SMILES string of the molecule is c1cc2c(s1)CCCC2CNCCN1CCCC1. The van der Waals surface area contributed by atoms with Crippen molar-refractivity contribution >= 4 is 11.3 Å². The molecule has 1 fully saturated rings. The molecular weight excluding hydrogens is 240 g/mol. The van der Waals surface area contributed by atoms with Crippen molar-refractivity contribution in [1.29, 1.82) is 0 Å². The normalized spacial score (nSPS) is 24.3. The van der Waals surface area contributed by atoms with Crippen LogP contribution in [-0.2, 0) is 6.42 Å². The molecule has 18 heavy (non-hydrogen) atoms. The Hall–Kier alpha value is -0.380. The summed E-state index contributed by atoms with van der Waals surface area (Å²) < 4.78 is 0. The van der Waals surface area contributed by atoms with E-state index in [9.17, 15) is 0 Å². The fourth-order valence-corrected chi connectivity index (χ4v) is 4.33. The van der Waals surface area contributed by atoms with Gasteiger partial charge in [-0.25, -0.2) is 0 Å². The van der Waals surface area contributed by atoms with E-state index >= 15 is 0 Å². The second-order valence-corrected chi connectivity index (χ2v) is 6.64. The minimum absolute atomic E-state index is 0.776. The summed E-state index contributed by atoms with van der Waals surface area (Å²) in [5.41, 5.74) is 1.64. The molecule has 1 aliphatic heterocycles. The molecule has 1 aromatic rings. The molecule has 3 rings (SSSR count). The molecule has 2 aliphatic rings. The first-order valence-corrected chi connectivity index (χ1v) is 8.31. The first kappa shape index (κ1) is 12.6. The Morgan fingerprint density at radius 2 is 2.17 bits per heavy atom. The van der Waals surface area contributed by atoms with Gasteiger partial charge in [-0.15, -0.1) is 11.3 Å². The maximum atomic E-state index is 3.68. The van der Waals surface area contributed by atoms with E-state index in [1.54, 1.807) is 10.4 Å². The maximum absolute atomic E-state index is 3.68. The van der Waals surface area contributed by atoms with Gasteiger partial charge in [0.1, 0.15) is 0 Å². The van der Waals surface area contributed by atoms with Crippen molar-refractivity contribution < 1.29 is 0 Å². The Balaban J connectivity index is 1.41. The number of fused-ring (bicyclic) bond motifs is 1. The molecule has 1 unspecified atom stereocenters. The summed E-state index contributed by atoms with van der Waals surface area (Å²) in [5.74, 6) is 0.776. The van der Waals surface area contributed by atoms with Crippen LogP contribution in [-0.4, -0.2) is 37.6 Å². The van der Waals surface area contributed by atoms with Crippen molar-refractivity contribution in [2.75, 3.05) is 32.7 Å². The van der Waals surface area contributed by atoms with Crippen LogP contribution in [0.4, 0.5) is 0 Å². The summed E-state index contributed by atoms with van der Waals surface area (Å²) >= 11 is 1.95. The predicted octanol–water partition coefficient (Wildman–Crippen LogP) is 2.85. The monoisotopic (exact) mass is 264 g/mol. The third-order valence-electron chi connectivity index (χ3n) is 4.37. The van der Waals surface area contributed by atoms with Crippen molar-refractivity contribution in [3.63, 3.8) is 0 Å². The van der Waals surface area contributed by atoms with Gasteiger partial charge in [-0.2, -0.15) is 0 Å². The summed E-state index contributed by atoms with van der Waals surface area (Å²) in [6.07, 6.45) is 6.88. The molecule has 1 saturated heterocycles. The molecule has 100 valence electrons. The van der Waals surface area contributed by atoms with Crippen molar-refractivity contribution in [2.24, 2.45) is 0 Å². The smallest absolute Gasteiger partial charge is 0.0107 e. The number of hydrogen-bond donors (Lipinski definition) is 1. The average molecular weight is 264 g/mol. The number of hydrogen-bond acceptors (Lipinski definition) is 3. The summed E-state index contributed by atoms with van der Waals surface area (Å²) in [4.78, 5) is 4.23. The average Bonchev–Trinajstić information content (AvgIpc) is 3.05. The van der Waals surface area contributed by atoms with Gasteiger partial charge in [0, 0.05) is 24.5 Å². The van der Waals surface area contributed by atoms with E-state index < -0.39 is 0 Å². The molecule has 0 amide bonds. The highest BCUT2D eigenvalue weighted by atomic mass is 32.1. The van der Waals surface area contributed by atoms with Gasteiger partial charge in [0.25, 0.3) is 0 Å². The Morgan fingerprint density at radius 1 is 1.28 bits per heavy atom. The van der Waals surface area contributed by atoms with Crippen molar-refractivity contribution in [3.05, 3.63) is 21.9 Å². The van der Waals surface area contributed by atoms with Crippen LogP contribution in [0.25, 0.3) is 0 Å². The van der Waals surface area contributed by atoms with Gasteiger partial charge in [0.05, 0.1) is 0 Å². The van der Waals surface area contributed by atoms with E-state index in [4.69, 9.17) is 0 Å². The Bertz CT molecular complexity index is 368. The van der Waals surface area contributed by atoms with E-state index in [1.165, 1.54) is 58.3 Å². The van der Waals surface area contributed by atoms with Crippen LogP contribution in [0.3, 0.4) is 0 Å². The topological polar surface area (TPSA) is 15.3 Å². The van der Waals surface area contributed by atoms with Crippen molar-refractivity contribution in [3.8, 4) is 0 Å². The second-order valence-electron chi connectivity index (χ2n) is 5.64. The van der Waals surface area contributed by atoms with Crippen LogP contribution in [0.15, 0.2) is 11.4 Å². The molecular formula is C15H24N2S. The number of aryl methyl sites for hydroxylation is 1. The van der Waals surface area contributed by atoms with Gasteiger partial charge >= 0.3 is 0 Å². The van der Waals surface area contributed by atoms with Crippen LogP contribution < -0.4 is 5.32 Å². The lowest BCUT2D eigenvalue weighted by atomic mass is 9.88. The molecule has 0 aromatic carbocycles. The van der Waals surface area contributed by atoms with E-state index in [0.717, 1.165) is 12.5 Å². The molecule has 1 atom stereocenters. The van der Waals surface area contributed by atoms with Crippen LogP contribution in [0.5, 0.6) is 0 Å². The summed E-state index contributed by atoms with van der Waals surface area (Å²) in [7, 11) is 0. The Labute approximate surface area is 114 Å². The molecule has 0 spiro atoms. The van der Waals surface area contributed by atoms with Gasteiger partial charge in [0.2, 0.25) is 0 Å². The zero-order valence-electron chi connectivity index (χ0n) is 11.2. The largest absolute Gasteiger partial charge is 0.315 e. The number of rotatable bonds is 5. The second kappa shape index (κ2) is 6.18. The number of nitrogens with zero attached hydrogens (tertiary/aromatic N) is 1. The fraction of sp³-hybridized carbons (Fsp3) is 0.733. The maximum Gasteiger partial charge on any atom is 0.0107 e. The van der Waals surface area contributed by atoms with E-state index in [1.807, 2.05) is 11.3 Å². The van der Waals surface area contributed by atoms with Gasteiger partial charge in [-0.3, -0.25) is 0 Å². The van der Waals surface area contributed by atoms with Gasteiger partial charge in [0.15, 0.2) is 0 Å². The Morgan fingerprint density at radius 3 is 3.06 bits per heavy atom.